The summed E-state index contributed by atoms with van der Waals surface area (Å²) in [4.78, 5) is 29.6. The van der Waals surface area contributed by atoms with Crippen LogP contribution >= 0.6 is 0 Å². The second kappa shape index (κ2) is 16.4. The summed E-state index contributed by atoms with van der Waals surface area (Å²) in [5.74, 6) is -0.509. The highest BCUT2D eigenvalue weighted by Crippen LogP contribution is 2.42. The van der Waals surface area contributed by atoms with Crippen molar-refractivity contribution < 1.29 is 23.8 Å². The van der Waals surface area contributed by atoms with E-state index in [1.54, 1.807) is 19.1 Å². The van der Waals surface area contributed by atoms with Crippen molar-refractivity contribution in [2.24, 2.45) is 0 Å². The average Bonchev–Trinajstić information content (AvgIpc) is 4.00. The molecule has 8 rings (SSSR count). The summed E-state index contributed by atoms with van der Waals surface area (Å²) < 4.78 is 22.1. The molecule has 5 aromatic carbocycles. The number of para-hydroxylation sites is 1. The van der Waals surface area contributed by atoms with Crippen molar-refractivity contribution in [3.05, 3.63) is 179 Å². The third-order valence-electron chi connectivity index (χ3n) is 10.0. The smallest absolute Gasteiger partial charge is 0.343 e. The summed E-state index contributed by atoms with van der Waals surface area (Å²) in [7, 11) is 0. The van der Waals surface area contributed by atoms with E-state index in [4.69, 9.17) is 24.5 Å². The van der Waals surface area contributed by atoms with Crippen molar-refractivity contribution in [2.45, 2.75) is 39.3 Å². The van der Waals surface area contributed by atoms with E-state index < -0.39 is 24.3 Å². The number of carbonyl (C=O) groups is 2. The number of imidazole rings is 1. The van der Waals surface area contributed by atoms with Crippen LogP contribution in [-0.2, 0) is 26.4 Å². The Morgan fingerprint density at radius 3 is 1.98 bits per heavy atom. The summed E-state index contributed by atoms with van der Waals surface area (Å²) in [6.45, 7) is 5.86. The lowest BCUT2D eigenvalue weighted by Crippen LogP contribution is -2.39. The van der Waals surface area contributed by atoms with E-state index in [0.717, 1.165) is 39.2 Å². The van der Waals surface area contributed by atoms with Crippen LogP contribution in [0.1, 0.15) is 58.4 Å². The maximum atomic E-state index is 13.2. The molecule has 0 unspecified atom stereocenters. The minimum atomic E-state index is -0.910. The van der Waals surface area contributed by atoms with Gasteiger partial charge in [-0.25, -0.2) is 9.48 Å². The molecule has 0 aliphatic heterocycles. The number of esters is 2. The Morgan fingerprint density at radius 2 is 1.38 bits per heavy atom. The molecule has 0 saturated heterocycles. The number of fused-ring (bicyclic) bond motifs is 1. The molecule has 0 radical (unpaired) electrons. The Hall–Kier alpha value is -7.34. The topological polar surface area (TPSA) is 128 Å². The number of hydrogen-bond donors (Lipinski definition) is 0. The number of carbonyl (C=O) groups excluding carboxylic acids is 2. The maximum absolute atomic E-state index is 13.2. The van der Waals surface area contributed by atoms with Crippen molar-refractivity contribution in [1.82, 2.24) is 34.3 Å². The number of rotatable bonds is 14. The minimum absolute atomic E-state index is 0.179. The van der Waals surface area contributed by atoms with Gasteiger partial charge >= 0.3 is 11.9 Å². The molecule has 0 bridgehead atoms. The minimum Gasteiger partial charge on any atom is -0.465 e. The quantitative estimate of drug-likeness (QED) is 0.0612. The third kappa shape index (κ3) is 7.00. The standard InChI is InChI=1S/C46H41N7O5/c1-4-41(54)57-31-58-44(55)38-22-15-23-39-42(38)52(45(47-39)56-5-2)30-33-24-26-37(27-25-33)51-29-32(3)28-40(51)43-48-49-50-53(43)46(34-16-9-6-10-17-34,35-18-11-7-12-19-35)36-20-13-8-14-21-36/h6-29H,4-5,30-31H2,1-3H3. The number of nitrogens with zero attached hydrogens (tertiary/aromatic N) is 7. The second-order valence-electron chi connectivity index (χ2n) is 13.7. The van der Waals surface area contributed by atoms with E-state index in [-0.39, 0.29) is 12.0 Å². The Morgan fingerprint density at radius 1 is 0.741 bits per heavy atom. The Labute approximate surface area is 335 Å². The van der Waals surface area contributed by atoms with Gasteiger partial charge in [-0.1, -0.05) is 116 Å². The number of aromatic nitrogens is 7. The summed E-state index contributed by atoms with van der Waals surface area (Å²) in [6, 6.07) is 46.8. The van der Waals surface area contributed by atoms with Crippen LogP contribution in [0, 0.1) is 6.92 Å². The van der Waals surface area contributed by atoms with Gasteiger partial charge < -0.3 is 18.8 Å². The van der Waals surface area contributed by atoms with Crippen molar-refractivity contribution in [2.75, 3.05) is 13.4 Å². The van der Waals surface area contributed by atoms with Gasteiger partial charge in [-0.2, -0.15) is 4.98 Å². The van der Waals surface area contributed by atoms with Crippen LogP contribution in [0.3, 0.4) is 0 Å². The van der Waals surface area contributed by atoms with Crippen LogP contribution < -0.4 is 4.74 Å². The maximum Gasteiger partial charge on any atom is 0.343 e. The summed E-state index contributed by atoms with van der Waals surface area (Å²) in [5, 5.41) is 13.8. The first-order valence-corrected chi connectivity index (χ1v) is 19.1. The molecule has 290 valence electrons. The van der Waals surface area contributed by atoms with Crippen LogP contribution in [0.15, 0.2) is 146 Å². The molecule has 0 spiro atoms. The predicted octanol–water partition coefficient (Wildman–Crippen LogP) is 8.14. The zero-order chi connectivity index (χ0) is 40.1. The molecule has 0 aliphatic carbocycles. The van der Waals surface area contributed by atoms with Gasteiger partial charge in [0.15, 0.2) is 0 Å². The number of benzene rings is 5. The summed E-state index contributed by atoms with van der Waals surface area (Å²) in [6.07, 6.45) is 2.25. The lowest BCUT2D eigenvalue weighted by molar-refractivity contribution is -0.151. The van der Waals surface area contributed by atoms with Crippen molar-refractivity contribution in [1.29, 1.82) is 0 Å². The van der Waals surface area contributed by atoms with Crippen molar-refractivity contribution >= 4 is 23.0 Å². The van der Waals surface area contributed by atoms with Gasteiger partial charge in [0.2, 0.25) is 12.6 Å². The van der Waals surface area contributed by atoms with Gasteiger partial charge in [0.25, 0.3) is 6.01 Å². The van der Waals surface area contributed by atoms with Crippen molar-refractivity contribution in [3.8, 4) is 23.2 Å². The van der Waals surface area contributed by atoms with E-state index in [1.807, 2.05) is 101 Å². The fraction of sp³-hybridized carbons (Fsp3) is 0.174. The monoisotopic (exact) mass is 771 g/mol. The fourth-order valence-electron chi connectivity index (χ4n) is 7.45. The molecule has 0 saturated carbocycles. The highest BCUT2D eigenvalue weighted by Gasteiger charge is 2.42. The van der Waals surface area contributed by atoms with E-state index in [1.165, 1.54) is 0 Å². The summed E-state index contributed by atoms with van der Waals surface area (Å²) >= 11 is 0. The van der Waals surface area contributed by atoms with Gasteiger partial charge in [-0.3, -0.25) is 9.36 Å². The van der Waals surface area contributed by atoms with Gasteiger partial charge in [-0.05, 0) is 82.4 Å². The lowest BCUT2D eigenvalue weighted by Gasteiger charge is -2.36. The highest BCUT2D eigenvalue weighted by molar-refractivity contribution is 6.02. The molecule has 0 N–H and O–H groups in total. The number of ether oxygens (including phenoxy) is 3. The lowest BCUT2D eigenvalue weighted by atomic mass is 9.77. The number of tetrazole rings is 1. The van der Waals surface area contributed by atoms with E-state index >= 15 is 0 Å². The summed E-state index contributed by atoms with van der Waals surface area (Å²) in [5.41, 5.74) is 7.21. The van der Waals surface area contributed by atoms with Gasteiger partial charge in [-0.15, -0.1) is 5.10 Å². The molecule has 3 aromatic heterocycles. The molecule has 0 amide bonds. The predicted molar refractivity (Wildman–Crippen MR) is 219 cm³/mol. The zero-order valence-corrected chi connectivity index (χ0v) is 32.4. The van der Waals surface area contributed by atoms with Crippen LogP contribution in [0.25, 0.3) is 28.2 Å². The Bertz CT molecular complexity index is 2570. The van der Waals surface area contributed by atoms with Gasteiger partial charge in [0.1, 0.15) is 5.54 Å². The first-order chi connectivity index (χ1) is 28.4. The molecule has 12 heteroatoms. The van der Waals surface area contributed by atoms with Crippen LogP contribution in [0.4, 0.5) is 0 Å². The largest absolute Gasteiger partial charge is 0.465 e. The molecule has 0 fully saturated rings. The fourth-order valence-corrected chi connectivity index (χ4v) is 7.45. The van der Waals surface area contributed by atoms with E-state index in [9.17, 15) is 9.59 Å². The Balaban J connectivity index is 1.18. The van der Waals surface area contributed by atoms with Gasteiger partial charge in [0.05, 0.1) is 35.4 Å². The molecule has 58 heavy (non-hydrogen) atoms. The SMILES string of the molecule is CCOc1nc2cccc(C(=O)OCOC(=O)CC)c2n1Cc1ccc(-n2cc(C)cc2-c2nnnn2C(c2ccccc2)(c2ccccc2)c2ccccc2)cc1. The van der Waals surface area contributed by atoms with Gasteiger partial charge in [0, 0.05) is 18.3 Å². The number of aryl methyl sites for hydroxylation is 1. The van der Waals surface area contributed by atoms with Crippen LogP contribution in [0.5, 0.6) is 6.01 Å². The van der Waals surface area contributed by atoms with Crippen molar-refractivity contribution in [3.63, 3.8) is 0 Å². The molecular formula is C46H41N7O5. The number of hydrogen-bond acceptors (Lipinski definition) is 9. The normalized spacial score (nSPS) is 11.4. The molecule has 0 aliphatic rings. The molecular weight excluding hydrogens is 731 g/mol. The van der Waals surface area contributed by atoms with Crippen LogP contribution in [-0.4, -0.2) is 59.7 Å². The third-order valence-corrected chi connectivity index (χ3v) is 10.0. The van der Waals surface area contributed by atoms with E-state index in [0.29, 0.717) is 36.0 Å². The first kappa shape index (κ1) is 37.6. The molecule has 0 atom stereocenters. The second-order valence-corrected chi connectivity index (χ2v) is 13.7. The zero-order valence-electron chi connectivity index (χ0n) is 32.4. The highest BCUT2D eigenvalue weighted by atomic mass is 16.7. The van der Waals surface area contributed by atoms with E-state index in [2.05, 4.69) is 70.3 Å². The molecule has 3 heterocycles. The van der Waals surface area contributed by atoms with Crippen LogP contribution in [0.2, 0.25) is 0 Å². The first-order valence-electron chi connectivity index (χ1n) is 19.1. The molecule has 8 aromatic rings. The molecule has 12 nitrogen and oxygen atoms in total. The Kier molecular flexibility index (Phi) is 10.6. The average molecular weight is 772 g/mol.